The van der Waals surface area contributed by atoms with Crippen LogP contribution < -0.4 is 0 Å². The molecular formula is C4H6Br2Cl2O2. The van der Waals surface area contributed by atoms with Crippen molar-refractivity contribution in [3.05, 3.63) is 0 Å². The standard InChI is InChI=1S/C4H6Br2Cl2O2/c1-3(5,6)2(7)4(8,9)10/h2,9-10H,1H3. The maximum Gasteiger partial charge on any atom is 0.262 e. The molecule has 0 bridgehead atoms. The minimum atomic E-state index is -2.41. The molecule has 6 heteroatoms. The van der Waals surface area contributed by atoms with Crippen LogP contribution in [0, 0.1) is 0 Å². The molecule has 2 nitrogen and oxygen atoms in total. The van der Waals surface area contributed by atoms with Gasteiger partial charge in [-0.3, -0.25) is 0 Å². The summed E-state index contributed by atoms with van der Waals surface area (Å²) in [7, 11) is 0. The Kier molecular flexibility index (Phi) is 3.96. The summed E-state index contributed by atoms with van der Waals surface area (Å²) in [6, 6.07) is 0. The van der Waals surface area contributed by atoms with Gasteiger partial charge < -0.3 is 10.2 Å². The minimum Gasteiger partial charge on any atom is -0.352 e. The number of rotatable bonds is 2. The maximum atomic E-state index is 8.75. The second kappa shape index (κ2) is 3.46. The monoisotopic (exact) mass is 314 g/mol. The summed E-state index contributed by atoms with van der Waals surface area (Å²) in [6.07, 6.45) is 0. The summed E-state index contributed by atoms with van der Waals surface area (Å²) in [6.45, 7) is 1.61. The van der Waals surface area contributed by atoms with Crippen LogP contribution in [0.25, 0.3) is 0 Å². The van der Waals surface area contributed by atoms with E-state index < -0.39 is 13.9 Å². The molecule has 0 saturated heterocycles. The van der Waals surface area contributed by atoms with Gasteiger partial charge in [0.2, 0.25) is 0 Å². The van der Waals surface area contributed by atoms with Crippen LogP contribution in [-0.4, -0.2) is 24.1 Å². The van der Waals surface area contributed by atoms with Gasteiger partial charge in [-0.2, -0.15) is 0 Å². The topological polar surface area (TPSA) is 40.5 Å². The third-order valence-corrected chi connectivity index (χ3v) is 3.28. The Morgan fingerprint density at radius 3 is 1.70 bits per heavy atom. The van der Waals surface area contributed by atoms with E-state index in [1.165, 1.54) is 0 Å². The molecule has 0 saturated carbocycles. The van der Waals surface area contributed by atoms with Crippen molar-refractivity contribution in [1.82, 2.24) is 0 Å². The van der Waals surface area contributed by atoms with Crippen molar-refractivity contribution in [1.29, 1.82) is 0 Å². The lowest BCUT2D eigenvalue weighted by atomic mass is 10.3. The molecule has 1 unspecified atom stereocenters. The molecule has 0 fully saturated rings. The van der Waals surface area contributed by atoms with Crippen LogP contribution in [0.1, 0.15) is 6.92 Å². The van der Waals surface area contributed by atoms with Gasteiger partial charge in [-0.1, -0.05) is 43.5 Å². The number of alkyl halides is 4. The van der Waals surface area contributed by atoms with E-state index in [9.17, 15) is 0 Å². The normalized spacial score (nSPS) is 17.1. The highest BCUT2D eigenvalue weighted by molar-refractivity contribution is 9.25. The van der Waals surface area contributed by atoms with Crippen molar-refractivity contribution >= 4 is 55.1 Å². The van der Waals surface area contributed by atoms with Crippen molar-refractivity contribution in [3.63, 3.8) is 0 Å². The summed E-state index contributed by atoms with van der Waals surface area (Å²) in [5.74, 6) is 0. The first-order chi connectivity index (χ1) is 4.15. The van der Waals surface area contributed by atoms with E-state index in [-0.39, 0.29) is 0 Å². The predicted octanol–water partition coefficient (Wildman–Crippen LogP) is 1.98. The fourth-order valence-electron chi connectivity index (χ4n) is 0.322. The first-order valence-electron chi connectivity index (χ1n) is 2.31. The Hall–Kier alpha value is 1.46. The summed E-state index contributed by atoms with van der Waals surface area (Å²) < 4.78 is -0.799. The quantitative estimate of drug-likeness (QED) is 0.604. The van der Waals surface area contributed by atoms with Gasteiger partial charge in [-0.25, -0.2) is 0 Å². The van der Waals surface area contributed by atoms with Crippen LogP contribution in [0.2, 0.25) is 0 Å². The molecule has 0 aliphatic rings. The van der Waals surface area contributed by atoms with Gasteiger partial charge in [0, 0.05) is 0 Å². The smallest absolute Gasteiger partial charge is 0.262 e. The molecule has 0 aliphatic carbocycles. The van der Waals surface area contributed by atoms with Crippen LogP contribution in [0.3, 0.4) is 0 Å². The lowest BCUT2D eigenvalue weighted by Crippen LogP contribution is -2.41. The fourth-order valence-corrected chi connectivity index (χ4v) is 1.44. The molecule has 0 heterocycles. The Bertz CT molecular complexity index is 103. The zero-order chi connectivity index (χ0) is 8.58. The van der Waals surface area contributed by atoms with E-state index >= 15 is 0 Å². The van der Waals surface area contributed by atoms with Gasteiger partial charge in [0.25, 0.3) is 5.25 Å². The van der Waals surface area contributed by atoms with Crippen molar-refractivity contribution in [2.24, 2.45) is 0 Å². The highest BCUT2D eigenvalue weighted by atomic mass is 79.9. The van der Waals surface area contributed by atoms with E-state index in [1.807, 2.05) is 0 Å². The van der Waals surface area contributed by atoms with Crippen molar-refractivity contribution in [3.8, 4) is 0 Å². The molecule has 0 spiro atoms. The Balaban J connectivity index is 4.23. The van der Waals surface area contributed by atoms with Crippen LogP contribution in [0.15, 0.2) is 0 Å². The van der Waals surface area contributed by atoms with Gasteiger partial charge in [0.15, 0.2) is 0 Å². The van der Waals surface area contributed by atoms with Gasteiger partial charge in [-0.15, -0.1) is 11.6 Å². The van der Waals surface area contributed by atoms with Crippen LogP contribution in [0.5, 0.6) is 0 Å². The van der Waals surface area contributed by atoms with Gasteiger partial charge in [0.1, 0.15) is 8.61 Å². The molecule has 0 radical (unpaired) electrons. The van der Waals surface area contributed by atoms with E-state index in [0.29, 0.717) is 0 Å². The van der Waals surface area contributed by atoms with E-state index in [1.54, 1.807) is 6.92 Å². The molecule has 0 amide bonds. The molecule has 0 aromatic heterocycles. The largest absolute Gasteiger partial charge is 0.352 e. The number of aliphatic hydroxyl groups is 2. The number of hydrogen-bond acceptors (Lipinski definition) is 2. The van der Waals surface area contributed by atoms with Crippen LogP contribution >= 0.6 is 55.1 Å². The average molecular weight is 317 g/mol. The highest BCUT2D eigenvalue weighted by Crippen LogP contribution is 2.39. The third-order valence-electron chi connectivity index (χ3n) is 0.768. The lowest BCUT2D eigenvalue weighted by Gasteiger charge is -2.27. The van der Waals surface area contributed by atoms with Crippen molar-refractivity contribution < 1.29 is 10.2 Å². The van der Waals surface area contributed by atoms with Crippen LogP contribution in [0.4, 0.5) is 0 Å². The average Bonchev–Trinajstić information content (AvgIpc) is 1.59. The summed E-state index contributed by atoms with van der Waals surface area (Å²) in [4.78, 5) is 0. The molecule has 2 N–H and O–H groups in total. The second-order valence-electron chi connectivity index (χ2n) is 1.96. The van der Waals surface area contributed by atoms with E-state index in [2.05, 4.69) is 31.9 Å². The second-order valence-corrected chi connectivity index (χ2v) is 7.31. The molecule has 62 valence electrons. The molecule has 0 rings (SSSR count). The third kappa shape index (κ3) is 3.74. The first-order valence-corrected chi connectivity index (χ1v) is 4.71. The Morgan fingerprint density at radius 2 is 1.70 bits per heavy atom. The van der Waals surface area contributed by atoms with Crippen molar-refractivity contribution in [2.45, 2.75) is 20.8 Å². The van der Waals surface area contributed by atoms with Crippen LogP contribution in [-0.2, 0) is 0 Å². The predicted molar refractivity (Wildman–Crippen MR) is 48.9 cm³/mol. The maximum absolute atomic E-state index is 8.75. The summed E-state index contributed by atoms with van der Waals surface area (Å²) >= 11 is 16.7. The van der Waals surface area contributed by atoms with E-state index in [4.69, 9.17) is 33.4 Å². The summed E-state index contributed by atoms with van der Waals surface area (Å²) in [5.41, 5.74) is 0. The minimum absolute atomic E-state index is 0.799. The Morgan fingerprint density at radius 1 is 1.40 bits per heavy atom. The Labute approximate surface area is 85.8 Å². The molecule has 0 aliphatic heterocycles. The zero-order valence-corrected chi connectivity index (χ0v) is 9.67. The SMILES string of the molecule is CC(Br)(Br)C(Cl)C(O)(O)Cl. The van der Waals surface area contributed by atoms with Gasteiger partial charge >= 0.3 is 0 Å². The van der Waals surface area contributed by atoms with E-state index in [0.717, 1.165) is 0 Å². The molecule has 0 aromatic rings. The molecule has 10 heavy (non-hydrogen) atoms. The molecule has 0 aromatic carbocycles. The van der Waals surface area contributed by atoms with Gasteiger partial charge in [-0.05, 0) is 6.92 Å². The fraction of sp³-hybridized carbons (Fsp3) is 1.00. The molecular weight excluding hydrogens is 311 g/mol. The summed E-state index contributed by atoms with van der Waals surface area (Å²) in [5, 5.41) is 14.0. The van der Waals surface area contributed by atoms with Gasteiger partial charge in [0.05, 0.1) is 0 Å². The highest BCUT2D eigenvalue weighted by Gasteiger charge is 2.42. The molecule has 1 atom stereocenters. The lowest BCUT2D eigenvalue weighted by molar-refractivity contribution is -0.0860. The number of halogens is 4. The van der Waals surface area contributed by atoms with Crippen molar-refractivity contribution in [2.75, 3.05) is 0 Å². The zero-order valence-electron chi connectivity index (χ0n) is 4.98. The first kappa shape index (κ1) is 11.5. The number of hydrogen-bond donors (Lipinski definition) is 2.